The van der Waals surface area contributed by atoms with Gasteiger partial charge < -0.3 is 28.6 Å². The van der Waals surface area contributed by atoms with Gasteiger partial charge in [-0.05, 0) is 91.5 Å². The molecule has 8 nitrogen and oxygen atoms in total. The molecule has 0 N–H and O–H groups in total. The van der Waals surface area contributed by atoms with Gasteiger partial charge >= 0.3 is 12.1 Å². The number of benzene rings is 1. The Balaban J connectivity index is 1.53. The van der Waals surface area contributed by atoms with E-state index in [9.17, 15) is 9.59 Å². The van der Waals surface area contributed by atoms with Crippen molar-refractivity contribution in [2.75, 3.05) is 33.4 Å². The molecular weight excluding hydrogens is 522 g/mol. The first-order chi connectivity index (χ1) is 19.3. The third-order valence-corrected chi connectivity index (χ3v) is 8.70. The first kappa shape index (κ1) is 31.2. The van der Waals surface area contributed by atoms with E-state index in [-0.39, 0.29) is 29.5 Å². The maximum absolute atomic E-state index is 12.7. The van der Waals surface area contributed by atoms with Gasteiger partial charge in [-0.2, -0.15) is 0 Å². The Morgan fingerprint density at radius 3 is 2.56 bits per heavy atom. The van der Waals surface area contributed by atoms with Crippen LogP contribution in [0.25, 0.3) is 0 Å². The fourth-order valence-electron chi connectivity index (χ4n) is 6.37. The molecule has 1 amide bonds. The number of carbonyl (C=O) groups excluding carboxylic acids is 2. The summed E-state index contributed by atoms with van der Waals surface area (Å²) in [7, 11) is 1.40. The number of nitrogens with zero attached hydrogens (tertiary/aromatic N) is 1. The number of hydrogen-bond donors (Lipinski definition) is 0. The van der Waals surface area contributed by atoms with E-state index in [1.807, 2.05) is 37.8 Å². The van der Waals surface area contributed by atoms with Crippen molar-refractivity contribution in [2.24, 2.45) is 11.3 Å². The Morgan fingerprint density at radius 2 is 1.90 bits per heavy atom. The van der Waals surface area contributed by atoms with E-state index in [2.05, 4.69) is 32.9 Å². The van der Waals surface area contributed by atoms with Gasteiger partial charge in [-0.1, -0.05) is 23.8 Å². The zero-order chi connectivity index (χ0) is 29.8. The normalized spacial score (nSPS) is 24.9. The largest absolute Gasteiger partial charge is 0.490 e. The molecule has 228 valence electrons. The fourth-order valence-corrected chi connectivity index (χ4v) is 6.37. The predicted octanol–water partition coefficient (Wildman–Crippen LogP) is 7.01. The molecule has 1 aromatic rings. The highest BCUT2D eigenvalue weighted by Crippen LogP contribution is 2.58. The quantitative estimate of drug-likeness (QED) is 0.188. The van der Waals surface area contributed by atoms with E-state index in [1.165, 1.54) is 12.7 Å². The topological polar surface area (TPSA) is 83.5 Å². The third-order valence-electron chi connectivity index (χ3n) is 8.70. The molecule has 0 saturated carbocycles. The Bertz CT molecular complexity index is 1110. The summed E-state index contributed by atoms with van der Waals surface area (Å²) in [5.41, 5.74) is 1.37. The summed E-state index contributed by atoms with van der Waals surface area (Å²) in [5, 5.41) is 0. The molecule has 0 aliphatic carbocycles. The van der Waals surface area contributed by atoms with Crippen molar-refractivity contribution in [3.63, 3.8) is 0 Å². The molecule has 3 aliphatic rings. The summed E-state index contributed by atoms with van der Waals surface area (Å²) < 4.78 is 30.2. The molecule has 3 heterocycles. The van der Waals surface area contributed by atoms with Gasteiger partial charge in [0.25, 0.3) is 0 Å². The van der Waals surface area contributed by atoms with E-state index < -0.39 is 11.2 Å². The molecule has 1 aromatic carbocycles. The number of carbonyl (C=O) groups is 2. The fraction of sp³-hybridized carbons (Fsp3) is 0.697. The van der Waals surface area contributed by atoms with Crippen LogP contribution in [0.2, 0.25) is 0 Å². The summed E-state index contributed by atoms with van der Waals surface area (Å²) >= 11 is 0. The van der Waals surface area contributed by atoms with Crippen LogP contribution in [0.15, 0.2) is 29.8 Å². The average Bonchev–Trinajstić information content (AvgIpc) is 2.90. The van der Waals surface area contributed by atoms with Gasteiger partial charge in [0.05, 0.1) is 26.4 Å². The smallest absolute Gasteiger partial charge is 0.410 e. The maximum Gasteiger partial charge on any atom is 0.410 e. The van der Waals surface area contributed by atoms with Gasteiger partial charge in [-0.25, -0.2) is 4.79 Å². The Hall–Kier alpha value is -2.74. The molecule has 0 unspecified atom stereocenters. The van der Waals surface area contributed by atoms with Crippen molar-refractivity contribution in [3.8, 4) is 11.5 Å². The first-order valence-corrected chi connectivity index (χ1v) is 15.1. The van der Waals surface area contributed by atoms with Crippen molar-refractivity contribution >= 4 is 12.1 Å². The van der Waals surface area contributed by atoms with Gasteiger partial charge in [0.1, 0.15) is 11.2 Å². The Morgan fingerprint density at radius 1 is 1.17 bits per heavy atom. The minimum Gasteiger partial charge on any atom is -0.490 e. The monoisotopic (exact) mass is 571 g/mol. The lowest BCUT2D eigenvalue weighted by Gasteiger charge is -2.55. The van der Waals surface area contributed by atoms with Crippen molar-refractivity contribution in [2.45, 2.75) is 104 Å². The van der Waals surface area contributed by atoms with Crippen LogP contribution in [0.4, 0.5) is 4.79 Å². The molecule has 0 bridgehead atoms. The second-order valence-electron chi connectivity index (χ2n) is 13.4. The van der Waals surface area contributed by atoms with Crippen LogP contribution < -0.4 is 9.47 Å². The highest BCUT2D eigenvalue weighted by Gasteiger charge is 2.55. The van der Waals surface area contributed by atoms with Crippen molar-refractivity contribution in [1.82, 2.24) is 4.90 Å². The van der Waals surface area contributed by atoms with Crippen molar-refractivity contribution in [1.29, 1.82) is 0 Å². The van der Waals surface area contributed by atoms with Crippen LogP contribution in [0.1, 0.15) is 98.2 Å². The number of para-hydroxylation sites is 1. The summed E-state index contributed by atoms with van der Waals surface area (Å²) in [6.07, 6.45) is 7.35. The number of rotatable bonds is 8. The second-order valence-corrected chi connectivity index (χ2v) is 13.4. The number of likely N-dealkylation sites (tertiary alicyclic amines) is 1. The van der Waals surface area contributed by atoms with Crippen LogP contribution in [0.3, 0.4) is 0 Å². The lowest BCUT2D eigenvalue weighted by Crippen LogP contribution is -2.56. The number of fused-ring (bicyclic) bond motifs is 3. The molecule has 3 atom stereocenters. The third kappa shape index (κ3) is 7.56. The molecule has 2 fully saturated rings. The molecular formula is C33H49NO7. The van der Waals surface area contributed by atoms with Crippen LogP contribution in [-0.2, 0) is 19.0 Å². The summed E-state index contributed by atoms with van der Waals surface area (Å²) in [6, 6.07) is 6.02. The summed E-state index contributed by atoms with van der Waals surface area (Å²) in [4.78, 5) is 26.1. The van der Waals surface area contributed by atoms with Gasteiger partial charge in [0.2, 0.25) is 0 Å². The highest BCUT2D eigenvalue weighted by molar-refractivity contribution is 5.69. The molecule has 8 heteroatoms. The SMILES string of the molecule is COC(=O)CCCOc1cccc2c1O[C@@](C)(CCC=C(C)C)[C@H]1CC3(CCN(C(=O)OC(C)(C)C)CC3)CO[C@H]21. The van der Waals surface area contributed by atoms with Gasteiger partial charge in [0, 0.05) is 31.0 Å². The molecule has 1 spiro atoms. The highest BCUT2D eigenvalue weighted by atomic mass is 16.6. The van der Waals surface area contributed by atoms with Crippen molar-refractivity contribution < 1.29 is 33.3 Å². The maximum atomic E-state index is 12.7. The molecule has 41 heavy (non-hydrogen) atoms. The number of piperidine rings is 1. The molecule has 3 aliphatic heterocycles. The second kappa shape index (κ2) is 12.6. The number of allylic oxidation sites excluding steroid dienone is 2. The zero-order valence-corrected chi connectivity index (χ0v) is 26.0. The van der Waals surface area contributed by atoms with E-state index in [0.717, 1.165) is 43.4 Å². The van der Waals surface area contributed by atoms with E-state index >= 15 is 0 Å². The molecule has 2 saturated heterocycles. The lowest BCUT2D eigenvalue weighted by atomic mass is 9.63. The standard InChI is InChI=1S/C33H49NO7/c1-23(2)11-9-15-32(6)25-21-33(16-18-34(19-17-33)30(36)41-31(3,4)5)22-39-28(25)24-12-8-13-26(29(24)40-32)38-20-10-14-27(35)37-7/h8,11-13,25,28H,9-10,14-22H2,1-7H3/t25-,28+,32-/m0/s1. The molecule has 0 radical (unpaired) electrons. The van der Waals surface area contributed by atoms with Crippen LogP contribution in [0, 0.1) is 11.3 Å². The summed E-state index contributed by atoms with van der Waals surface area (Å²) in [5.74, 6) is 1.36. The molecule has 4 rings (SSSR count). The number of amides is 1. The number of hydrogen-bond acceptors (Lipinski definition) is 7. The lowest BCUT2D eigenvalue weighted by molar-refractivity contribution is -0.180. The van der Waals surface area contributed by atoms with Crippen LogP contribution in [-0.4, -0.2) is 61.6 Å². The first-order valence-electron chi connectivity index (χ1n) is 15.1. The minimum absolute atomic E-state index is 0.000309. The van der Waals surface area contributed by atoms with E-state index in [4.69, 9.17) is 23.7 Å². The number of esters is 1. The van der Waals surface area contributed by atoms with Crippen LogP contribution in [0.5, 0.6) is 11.5 Å². The van der Waals surface area contributed by atoms with E-state index in [0.29, 0.717) is 44.9 Å². The van der Waals surface area contributed by atoms with E-state index in [1.54, 1.807) is 0 Å². The van der Waals surface area contributed by atoms with Crippen LogP contribution >= 0.6 is 0 Å². The van der Waals surface area contributed by atoms with Gasteiger partial charge in [0.15, 0.2) is 11.5 Å². The number of methoxy groups -OCH3 is 1. The molecule has 0 aromatic heterocycles. The zero-order valence-electron chi connectivity index (χ0n) is 26.0. The number of ether oxygens (including phenoxy) is 5. The minimum atomic E-state index is -0.503. The van der Waals surface area contributed by atoms with Gasteiger partial charge in [-0.15, -0.1) is 0 Å². The average molecular weight is 572 g/mol. The summed E-state index contributed by atoms with van der Waals surface area (Å²) in [6.45, 7) is 14.6. The van der Waals surface area contributed by atoms with Gasteiger partial charge in [-0.3, -0.25) is 4.79 Å². The predicted molar refractivity (Wildman–Crippen MR) is 157 cm³/mol. The Labute approximate surface area is 245 Å². The Kier molecular flexibility index (Phi) is 9.62. The van der Waals surface area contributed by atoms with Crippen molar-refractivity contribution in [3.05, 3.63) is 35.4 Å².